The Morgan fingerprint density at radius 3 is 2.25 bits per heavy atom. The SMILES string of the molecule is CC(C)c1cccc(C(C)C)c1NC(=O)CN(C)Cc1ccsc1. The molecule has 0 spiro atoms. The maximum absolute atomic E-state index is 12.6. The minimum atomic E-state index is 0.0442. The molecule has 1 aromatic carbocycles. The Labute approximate surface area is 149 Å². The second-order valence-electron chi connectivity index (χ2n) is 6.97. The van der Waals surface area contributed by atoms with Gasteiger partial charge in [0.15, 0.2) is 0 Å². The van der Waals surface area contributed by atoms with Crippen LogP contribution in [0.1, 0.15) is 56.2 Å². The molecule has 0 aliphatic rings. The van der Waals surface area contributed by atoms with E-state index in [4.69, 9.17) is 0 Å². The molecule has 2 aromatic rings. The topological polar surface area (TPSA) is 32.3 Å². The second-order valence-corrected chi connectivity index (χ2v) is 7.75. The first-order valence-electron chi connectivity index (χ1n) is 8.50. The van der Waals surface area contributed by atoms with E-state index in [1.54, 1.807) is 11.3 Å². The maximum atomic E-state index is 12.6. The van der Waals surface area contributed by atoms with Crippen molar-refractivity contribution in [3.63, 3.8) is 0 Å². The predicted octanol–water partition coefficient (Wildman–Crippen LogP) is 5.07. The smallest absolute Gasteiger partial charge is 0.238 e. The third kappa shape index (κ3) is 4.92. The van der Waals surface area contributed by atoms with Crippen LogP contribution in [0.15, 0.2) is 35.0 Å². The lowest BCUT2D eigenvalue weighted by molar-refractivity contribution is -0.117. The molecule has 130 valence electrons. The van der Waals surface area contributed by atoms with E-state index in [1.165, 1.54) is 16.7 Å². The highest BCUT2D eigenvalue weighted by Crippen LogP contribution is 2.32. The quantitative estimate of drug-likeness (QED) is 0.761. The fraction of sp³-hybridized carbons (Fsp3) is 0.450. The third-order valence-electron chi connectivity index (χ3n) is 4.08. The van der Waals surface area contributed by atoms with Crippen LogP contribution in [-0.2, 0) is 11.3 Å². The summed E-state index contributed by atoms with van der Waals surface area (Å²) in [6, 6.07) is 8.41. The molecule has 0 bridgehead atoms. The van der Waals surface area contributed by atoms with Crippen molar-refractivity contribution in [2.45, 2.75) is 46.1 Å². The lowest BCUT2D eigenvalue weighted by Crippen LogP contribution is -2.30. The number of amides is 1. The number of nitrogens with one attached hydrogen (secondary N) is 1. The predicted molar refractivity (Wildman–Crippen MR) is 104 cm³/mol. The zero-order valence-electron chi connectivity index (χ0n) is 15.3. The molecule has 1 amide bonds. The summed E-state index contributed by atoms with van der Waals surface area (Å²) in [4.78, 5) is 14.6. The first-order chi connectivity index (χ1) is 11.4. The van der Waals surface area contributed by atoms with Crippen LogP contribution in [0.5, 0.6) is 0 Å². The summed E-state index contributed by atoms with van der Waals surface area (Å²) in [6.07, 6.45) is 0. The molecule has 3 nitrogen and oxygen atoms in total. The van der Waals surface area contributed by atoms with Crippen LogP contribution in [0.4, 0.5) is 5.69 Å². The van der Waals surface area contributed by atoms with Gasteiger partial charge >= 0.3 is 0 Å². The second kappa shape index (κ2) is 8.45. The highest BCUT2D eigenvalue weighted by atomic mass is 32.1. The van der Waals surface area contributed by atoms with Gasteiger partial charge in [-0.3, -0.25) is 9.69 Å². The molecular formula is C20H28N2OS. The Morgan fingerprint density at radius 2 is 1.75 bits per heavy atom. The maximum Gasteiger partial charge on any atom is 0.238 e. The first-order valence-corrected chi connectivity index (χ1v) is 9.45. The summed E-state index contributed by atoms with van der Waals surface area (Å²) >= 11 is 1.69. The Hall–Kier alpha value is -1.65. The normalized spacial score (nSPS) is 11.5. The van der Waals surface area contributed by atoms with Crippen molar-refractivity contribution in [1.82, 2.24) is 4.90 Å². The Balaban J connectivity index is 2.10. The first kappa shape index (κ1) is 18.7. The Morgan fingerprint density at radius 1 is 1.12 bits per heavy atom. The van der Waals surface area contributed by atoms with E-state index in [0.29, 0.717) is 18.4 Å². The summed E-state index contributed by atoms with van der Waals surface area (Å²) in [5.41, 5.74) is 4.65. The number of benzene rings is 1. The van der Waals surface area contributed by atoms with Crippen LogP contribution in [0.2, 0.25) is 0 Å². The van der Waals surface area contributed by atoms with Crippen LogP contribution in [0.25, 0.3) is 0 Å². The van der Waals surface area contributed by atoms with E-state index >= 15 is 0 Å². The molecule has 0 aliphatic carbocycles. The van der Waals surface area contributed by atoms with Gasteiger partial charge in [-0.1, -0.05) is 45.9 Å². The molecule has 0 aliphatic heterocycles. The summed E-state index contributed by atoms with van der Waals surface area (Å²) in [5, 5.41) is 7.37. The van der Waals surface area contributed by atoms with Crippen LogP contribution in [0, 0.1) is 0 Å². The van der Waals surface area contributed by atoms with Crippen LogP contribution >= 0.6 is 11.3 Å². The molecule has 0 saturated heterocycles. The average molecular weight is 345 g/mol. The van der Waals surface area contributed by atoms with Crippen molar-refractivity contribution in [3.05, 3.63) is 51.7 Å². The van der Waals surface area contributed by atoms with Gasteiger partial charge in [-0.15, -0.1) is 0 Å². The number of carbonyl (C=O) groups excluding carboxylic acids is 1. The highest BCUT2D eigenvalue weighted by Gasteiger charge is 2.16. The summed E-state index contributed by atoms with van der Waals surface area (Å²) in [5.74, 6) is 0.799. The van der Waals surface area contributed by atoms with Gasteiger partial charge < -0.3 is 5.32 Å². The Kier molecular flexibility index (Phi) is 6.58. The van der Waals surface area contributed by atoms with Crippen molar-refractivity contribution in [2.75, 3.05) is 18.9 Å². The zero-order chi connectivity index (χ0) is 17.7. The van der Waals surface area contributed by atoms with Crippen molar-refractivity contribution in [3.8, 4) is 0 Å². The molecule has 1 N–H and O–H groups in total. The highest BCUT2D eigenvalue weighted by molar-refractivity contribution is 7.07. The summed E-state index contributed by atoms with van der Waals surface area (Å²) in [7, 11) is 1.98. The fourth-order valence-electron chi connectivity index (χ4n) is 2.87. The van der Waals surface area contributed by atoms with E-state index in [0.717, 1.165) is 12.2 Å². The van der Waals surface area contributed by atoms with Crippen molar-refractivity contribution in [1.29, 1.82) is 0 Å². The van der Waals surface area contributed by atoms with Gasteiger partial charge in [0, 0.05) is 12.2 Å². The van der Waals surface area contributed by atoms with E-state index < -0.39 is 0 Å². The number of hydrogen-bond acceptors (Lipinski definition) is 3. The number of carbonyl (C=O) groups is 1. The van der Waals surface area contributed by atoms with Gasteiger partial charge in [0.25, 0.3) is 0 Å². The monoisotopic (exact) mass is 344 g/mol. The summed E-state index contributed by atoms with van der Waals surface area (Å²) < 4.78 is 0. The lowest BCUT2D eigenvalue weighted by atomic mass is 9.92. The Bertz CT molecular complexity index is 636. The van der Waals surface area contributed by atoms with Crippen molar-refractivity contribution >= 4 is 22.9 Å². The van der Waals surface area contributed by atoms with Crippen LogP contribution < -0.4 is 5.32 Å². The molecule has 0 fully saturated rings. The number of thiophene rings is 1. The number of rotatable bonds is 7. The van der Waals surface area contributed by atoms with E-state index in [2.05, 4.69) is 68.0 Å². The molecule has 0 radical (unpaired) electrons. The largest absolute Gasteiger partial charge is 0.324 e. The minimum absolute atomic E-state index is 0.0442. The molecule has 0 unspecified atom stereocenters. The third-order valence-corrected chi connectivity index (χ3v) is 4.82. The van der Waals surface area contributed by atoms with E-state index in [9.17, 15) is 4.79 Å². The van der Waals surface area contributed by atoms with Crippen molar-refractivity contribution in [2.24, 2.45) is 0 Å². The molecule has 1 aromatic heterocycles. The van der Waals surface area contributed by atoms with Gasteiger partial charge in [-0.05, 0) is 52.4 Å². The van der Waals surface area contributed by atoms with Crippen LogP contribution in [-0.4, -0.2) is 24.4 Å². The number of nitrogens with zero attached hydrogens (tertiary/aromatic N) is 1. The fourth-order valence-corrected chi connectivity index (χ4v) is 3.53. The van der Waals surface area contributed by atoms with Gasteiger partial charge in [-0.2, -0.15) is 11.3 Å². The average Bonchev–Trinajstić information content (AvgIpc) is 2.99. The zero-order valence-corrected chi connectivity index (χ0v) is 16.1. The molecule has 0 atom stereocenters. The molecule has 4 heteroatoms. The molecular weight excluding hydrogens is 316 g/mol. The summed E-state index contributed by atoms with van der Waals surface area (Å²) in [6.45, 7) is 9.84. The van der Waals surface area contributed by atoms with E-state index in [-0.39, 0.29) is 5.91 Å². The standard InChI is InChI=1S/C20H28N2OS/c1-14(2)17-7-6-8-18(15(3)4)20(17)21-19(23)12-22(5)11-16-9-10-24-13-16/h6-10,13-15H,11-12H2,1-5H3,(H,21,23). The molecule has 0 saturated carbocycles. The van der Waals surface area contributed by atoms with Gasteiger partial charge in [0.05, 0.1) is 6.54 Å². The van der Waals surface area contributed by atoms with E-state index in [1.807, 2.05) is 11.9 Å². The number of anilines is 1. The van der Waals surface area contributed by atoms with Gasteiger partial charge in [-0.25, -0.2) is 0 Å². The van der Waals surface area contributed by atoms with Gasteiger partial charge in [0.2, 0.25) is 5.91 Å². The lowest BCUT2D eigenvalue weighted by Gasteiger charge is -2.21. The van der Waals surface area contributed by atoms with Crippen LogP contribution in [0.3, 0.4) is 0 Å². The molecule has 2 rings (SSSR count). The molecule has 1 heterocycles. The number of likely N-dealkylation sites (N-methyl/N-ethyl adjacent to an activating group) is 1. The number of para-hydroxylation sites is 1. The van der Waals surface area contributed by atoms with Crippen molar-refractivity contribution < 1.29 is 4.79 Å². The minimum Gasteiger partial charge on any atom is -0.324 e. The van der Waals surface area contributed by atoms with Gasteiger partial charge in [0.1, 0.15) is 0 Å². The number of hydrogen-bond donors (Lipinski definition) is 1. The molecule has 24 heavy (non-hydrogen) atoms.